The fourth-order valence-electron chi connectivity index (χ4n) is 2.45. The number of nitrogens with zero attached hydrogens (tertiary/aromatic N) is 1. The van der Waals surface area contributed by atoms with Crippen molar-refractivity contribution < 1.29 is 32.6 Å². The smallest absolute Gasteiger partial charge is 0.335 e. The van der Waals surface area contributed by atoms with Crippen molar-refractivity contribution in [1.82, 2.24) is 4.90 Å². The summed E-state index contributed by atoms with van der Waals surface area (Å²) in [6.07, 6.45) is -2.60. The van der Waals surface area contributed by atoms with Gasteiger partial charge in [-0.15, -0.1) is 0 Å². The van der Waals surface area contributed by atoms with E-state index in [2.05, 4.69) is 0 Å². The molecular weight excluding hydrogens is 360 g/mol. The first-order valence-corrected chi connectivity index (χ1v) is 7.84. The fraction of sp³-hybridized carbons (Fsp3) is 0.158. The summed E-state index contributed by atoms with van der Waals surface area (Å²) >= 11 is 0. The number of carbonyl (C=O) groups is 2. The Balaban J connectivity index is 2.06. The molecular formula is C19H15F2NO5. The Morgan fingerprint density at radius 2 is 1.78 bits per heavy atom. The predicted molar refractivity (Wildman–Crippen MR) is 92.7 cm³/mol. The molecule has 0 unspecified atom stereocenters. The Bertz CT molecular complexity index is 1010. The molecule has 1 aromatic heterocycles. The van der Waals surface area contributed by atoms with Crippen molar-refractivity contribution in [1.29, 1.82) is 0 Å². The number of hydrogen-bond donors (Lipinski definition) is 1. The lowest BCUT2D eigenvalue weighted by atomic mass is 10.1. The average molecular weight is 375 g/mol. The first-order valence-electron chi connectivity index (χ1n) is 7.84. The third-order valence-corrected chi connectivity index (χ3v) is 3.82. The first-order chi connectivity index (χ1) is 12.8. The number of fused-ring (bicyclic) bond motifs is 1. The molecule has 0 bridgehead atoms. The number of carbonyl (C=O) groups excluding carboxylic acids is 1. The zero-order valence-electron chi connectivity index (χ0n) is 14.4. The monoisotopic (exact) mass is 375 g/mol. The summed E-state index contributed by atoms with van der Waals surface area (Å²) in [7, 11) is 3.11. The van der Waals surface area contributed by atoms with Crippen LogP contribution in [0.2, 0.25) is 0 Å². The SMILES string of the molecule is CN(C)C(=O)c1cc2c(Oc3ccc(C(F)F)cc3)cc(C(=O)O)cc2o1. The van der Waals surface area contributed by atoms with Crippen LogP contribution in [0.15, 0.2) is 46.9 Å². The molecule has 140 valence electrons. The van der Waals surface area contributed by atoms with Crippen LogP contribution in [0.4, 0.5) is 8.78 Å². The maximum Gasteiger partial charge on any atom is 0.335 e. The minimum Gasteiger partial charge on any atom is -0.478 e. The van der Waals surface area contributed by atoms with Crippen molar-refractivity contribution in [3.63, 3.8) is 0 Å². The molecule has 0 saturated heterocycles. The Hall–Kier alpha value is -3.42. The summed E-state index contributed by atoms with van der Waals surface area (Å²) in [6.45, 7) is 0. The number of hydrogen-bond acceptors (Lipinski definition) is 4. The summed E-state index contributed by atoms with van der Waals surface area (Å²) in [5, 5.41) is 9.67. The van der Waals surface area contributed by atoms with E-state index < -0.39 is 18.3 Å². The van der Waals surface area contributed by atoms with Gasteiger partial charge in [0, 0.05) is 25.7 Å². The van der Waals surface area contributed by atoms with Gasteiger partial charge in [-0.2, -0.15) is 0 Å². The number of rotatable bonds is 5. The Kier molecular flexibility index (Phi) is 4.81. The summed E-state index contributed by atoms with van der Waals surface area (Å²) in [5.74, 6) is -1.20. The highest BCUT2D eigenvalue weighted by Crippen LogP contribution is 2.34. The van der Waals surface area contributed by atoms with E-state index >= 15 is 0 Å². The highest BCUT2D eigenvalue weighted by atomic mass is 19.3. The molecule has 1 amide bonds. The van der Waals surface area contributed by atoms with Gasteiger partial charge in [-0.3, -0.25) is 4.79 Å². The fourth-order valence-corrected chi connectivity index (χ4v) is 2.45. The number of ether oxygens (including phenoxy) is 1. The van der Waals surface area contributed by atoms with E-state index in [1.54, 1.807) is 14.1 Å². The normalized spacial score (nSPS) is 11.0. The standard InChI is InChI=1S/C19H15F2NO5/c1-22(2)18(23)16-9-13-14(7-11(19(24)25)8-15(13)27-16)26-12-5-3-10(4-6-12)17(20)21/h3-9,17H,1-2H3,(H,24,25). The molecule has 3 aromatic rings. The number of aromatic carboxylic acids is 1. The Labute approximate surface area is 152 Å². The minimum absolute atomic E-state index is 0.0236. The molecule has 0 aliphatic rings. The molecule has 0 spiro atoms. The first kappa shape index (κ1) is 18.4. The van der Waals surface area contributed by atoms with Crippen LogP contribution >= 0.6 is 0 Å². The highest BCUT2D eigenvalue weighted by molar-refractivity contribution is 6.00. The number of alkyl halides is 2. The largest absolute Gasteiger partial charge is 0.478 e. The van der Waals surface area contributed by atoms with E-state index in [1.165, 1.54) is 47.4 Å². The quantitative estimate of drug-likeness (QED) is 0.707. The number of carboxylic acids is 1. The number of furan rings is 1. The van der Waals surface area contributed by atoms with Gasteiger partial charge in [0.1, 0.15) is 17.1 Å². The van der Waals surface area contributed by atoms with Crippen molar-refractivity contribution in [2.75, 3.05) is 14.1 Å². The van der Waals surface area contributed by atoms with Gasteiger partial charge in [0.15, 0.2) is 5.76 Å². The predicted octanol–water partition coefficient (Wildman–Crippen LogP) is 4.56. The average Bonchev–Trinajstić information content (AvgIpc) is 3.05. The maximum absolute atomic E-state index is 12.7. The van der Waals surface area contributed by atoms with E-state index in [0.29, 0.717) is 5.39 Å². The van der Waals surface area contributed by atoms with E-state index in [4.69, 9.17) is 9.15 Å². The summed E-state index contributed by atoms with van der Waals surface area (Å²) in [4.78, 5) is 24.8. The molecule has 0 aliphatic heterocycles. The van der Waals surface area contributed by atoms with E-state index in [0.717, 1.165) is 0 Å². The molecule has 0 saturated carbocycles. The van der Waals surface area contributed by atoms with Crippen LogP contribution in [0.5, 0.6) is 11.5 Å². The Morgan fingerprint density at radius 3 is 2.33 bits per heavy atom. The molecule has 27 heavy (non-hydrogen) atoms. The van der Waals surface area contributed by atoms with E-state index in [9.17, 15) is 23.5 Å². The molecule has 8 heteroatoms. The van der Waals surface area contributed by atoms with Gasteiger partial charge in [0.25, 0.3) is 12.3 Å². The number of carboxylic acid groups (broad SMARTS) is 1. The van der Waals surface area contributed by atoms with Gasteiger partial charge < -0.3 is 19.2 Å². The van der Waals surface area contributed by atoms with Gasteiger partial charge in [-0.1, -0.05) is 0 Å². The van der Waals surface area contributed by atoms with Crippen molar-refractivity contribution in [2.45, 2.75) is 6.43 Å². The number of benzene rings is 2. The zero-order chi connectivity index (χ0) is 19.7. The van der Waals surface area contributed by atoms with Crippen LogP contribution in [0.1, 0.15) is 32.9 Å². The lowest BCUT2D eigenvalue weighted by Gasteiger charge is -2.08. The Morgan fingerprint density at radius 1 is 1.11 bits per heavy atom. The molecule has 1 heterocycles. The molecule has 0 atom stereocenters. The van der Waals surface area contributed by atoms with Crippen LogP contribution in [-0.4, -0.2) is 36.0 Å². The minimum atomic E-state index is -2.60. The number of halogens is 2. The van der Waals surface area contributed by atoms with Crippen LogP contribution in [-0.2, 0) is 0 Å². The molecule has 0 aliphatic carbocycles. The van der Waals surface area contributed by atoms with Gasteiger partial charge in [-0.05, 0) is 36.4 Å². The van der Waals surface area contributed by atoms with Crippen molar-refractivity contribution in [3.8, 4) is 11.5 Å². The second-order valence-electron chi connectivity index (χ2n) is 5.97. The van der Waals surface area contributed by atoms with Gasteiger partial charge >= 0.3 is 5.97 Å². The van der Waals surface area contributed by atoms with Crippen LogP contribution in [0.3, 0.4) is 0 Å². The molecule has 1 N–H and O–H groups in total. The topological polar surface area (TPSA) is 80.0 Å². The van der Waals surface area contributed by atoms with Crippen LogP contribution in [0.25, 0.3) is 11.0 Å². The maximum atomic E-state index is 12.7. The highest BCUT2D eigenvalue weighted by Gasteiger charge is 2.19. The zero-order valence-corrected chi connectivity index (χ0v) is 14.4. The van der Waals surface area contributed by atoms with Gasteiger partial charge in [0.05, 0.1) is 10.9 Å². The van der Waals surface area contributed by atoms with E-state index in [1.807, 2.05) is 0 Å². The van der Waals surface area contributed by atoms with Gasteiger partial charge in [0.2, 0.25) is 0 Å². The summed E-state index contributed by atoms with van der Waals surface area (Å²) in [6, 6.07) is 9.16. The van der Waals surface area contributed by atoms with Crippen molar-refractivity contribution >= 4 is 22.8 Å². The summed E-state index contributed by atoms with van der Waals surface area (Å²) in [5.41, 5.74) is -0.0897. The number of amides is 1. The lowest BCUT2D eigenvalue weighted by molar-refractivity contribution is 0.0696. The molecule has 0 radical (unpaired) electrons. The molecule has 3 rings (SSSR count). The summed E-state index contributed by atoms with van der Waals surface area (Å²) < 4.78 is 36.5. The van der Waals surface area contributed by atoms with E-state index in [-0.39, 0.29) is 34.0 Å². The molecule has 6 nitrogen and oxygen atoms in total. The van der Waals surface area contributed by atoms with Crippen LogP contribution < -0.4 is 4.74 Å². The second-order valence-corrected chi connectivity index (χ2v) is 5.97. The second kappa shape index (κ2) is 7.06. The third kappa shape index (κ3) is 3.74. The molecule has 2 aromatic carbocycles. The lowest BCUT2D eigenvalue weighted by Crippen LogP contribution is -2.20. The van der Waals surface area contributed by atoms with Gasteiger partial charge in [-0.25, -0.2) is 13.6 Å². The van der Waals surface area contributed by atoms with Crippen molar-refractivity contribution in [2.24, 2.45) is 0 Å². The van der Waals surface area contributed by atoms with Crippen molar-refractivity contribution in [3.05, 3.63) is 59.4 Å². The van der Waals surface area contributed by atoms with Crippen LogP contribution in [0, 0.1) is 0 Å². The molecule has 0 fully saturated rings. The third-order valence-electron chi connectivity index (χ3n) is 3.82.